The zero-order valence-electron chi connectivity index (χ0n) is 7.79. The van der Waals surface area contributed by atoms with Gasteiger partial charge in [-0.05, 0) is 13.8 Å². The maximum absolute atomic E-state index is 11.6. The van der Waals surface area contributed by atoms with Gasteiger partial charge in [-0.3, -0.25) is 4.79 Å². The number of amides is 1. The summed E-state index contributed by atoms with van der Waals surface area (Å²) < 4.78 is 0.0348. The van der Waals surface area contributed by atoms with Crippen LogP contribution in [0.3, 0.4) is 0 Å². The fourth-order valence-corrected chi connectivity index (χ4v) is 3.49. The molecule has 2 nitrogen and oxygen atoms in total. The van der Waals surface area contributed by atoms with Crippen LogP contribution in [0.1, 0.15) is 13.8 Å². The van der Waals surface area contributed by atoms with Gasteiger partial charge in [0.1, 0.15) is 4.58 Å². The number of carbonyl (C=O) groups is 1. The van der Waals surface area contributed by atoms with Crippen LogP contribution < -0.4 is 5.32 Å². The summed E-state index contributed by atoms with van der Waals surface area (Å²) in [5.74, 6) is 4.71. The number of thioether (sulfide) groups is 2. The average Bonchev–Trinajstić information content (AvgIpc) is 2.55. The molecular weight excluding hydrogens is 202 g/mol. The molecular formula is C9H13NOS2. The number of terminal acetylenes is 1. The summed E-state index contributed by atoms with van der Waals surface area (Å²) in [4.78, 5) is 11.6. The second-order valence-corrected chi connectivity index (χ2v) is 6.06. The van der Waals surface area contributed by atoms with E-state index in [4.69, 9.17) is 6.42 Å². The fraction of sp³-hybridized carbons (Fsp3) is 0.667. The largest absolute Gasteiger partial charge is 0.339 e. The van der Waals surface area contributed by atoms with Gasteiger partial charge in [-0.15, -0.1) is 29.9 Å². The van der Waals surface area contributed by atoms with E-state index < -0.39 is 5.54 Å². The average molecular weight is 215 g/mol. The van der Waals surface area contributed by atoms with E-state index in [0.29, 0.717) is 0 Å². The third kappa shape index (κ3) is 3.17. The quantitative estimate of drug-likeness (QED) is 0.704. The number of hydrogen-bond acceptors (Lipinski definition) is 3. The summed E-state index contributed by atoms with van der Waals surface area (Å²) in [5, 5.41) is 2.83. The zero-order valence-corrected chi connectivity index (χ0v) is 9.43. The lowest BCUT2D eigenvalue weighted by molar-refractivity contribution is -0.120. The van der Waals surface area contributed by atoms with Crippen molar-refractivity contribution < 1.29 is 4.79 Å². The van der Waals surface area contributed by atoms with Crippen LogP contribution in [0.25, 0.3) is 0 Å². The molecule has 4 heteroatoms. The van der Waals surface area contributed by atoms with Gasteiger partial charge >= 0.3 is 0 Å². The Morgan fingerprint density at radius 1 is 1.54 bits per heavy atom. The molecule has 1 aliphatic heterocycles. The first-order valence-electron chi connectivity index (χ1n) is 4.08. The minimum Gasteiger partial charge on any atom is -0.339 e. The number of rotatable bonds is 2. The van der Waals surface area contributed by atoms with Crippen LogP contribution in [0.2, 0.25) is 0 Å². The van der Waals surface area contributed by atoms with E-state index in [1.807, 2.05) is 13.8 Å². The summed E-state index contributed by atoms with van der Waals surface area (Å²) in [6.45, 7) is 3.66. The first-order chi connectivity index (χ1) is 6.05. The monoisotopic (exact) mass is 215 g/mol. The molecule has 0 aliphatic carbocycles. The van der Waals surface area contributed by atoms with E-state index >= 15 is 0 Å². The van der Waals surface area contributed by atoms with Gasteiger partial charge in [0.05, 0.1) is 5.54 Å². The third-order valence-electron chi connectivity index (χ3n) is 1.63. The molecule has 1 N–H and O–H groups in total. The maximum atomic E-state index is 11.6. The lowest BCUT2D eigenvalue weighted by atomic mass is 10.1. The Balaban J connectivity index is 2.45. The Bertz CT molecular complexity index is 238. The zero-order chi connectivity index (χ0) is 9.90. The van der Waals surface area contributed by atoms with Crippen molar-refractivity contribution in [1.82, 2.24) is 5.32 Å². The van der Waals surface area contributed by atoms with Crippen LogP contribution in [0.4, 0.5) is 0 Å². The normalized spacial score (nSPS) is 18.2. The second-order valence-electron chi connectivity index (χ2n) is 3.33. The molecule has 1 heterocycles. The lowest BCUT2D eigenvalue weighted by Crippen LogP contribution is -2.45. The van der Waals surface area contributed by atoms with E-state index in [9.17, 15) is 4.79 Å². The molecule has 0 unspecified atom stereocenters. The van der Waals surface area contributed by atoms with Gasteiger partial charge in [0.25, 0.3) is 0 Å². The standard InChI is InChI=1S/C9H13NOS2/c1-4-9(2,3)10-7(11)8-12-5-6-13-8/h1,8H,5-6H2,2-3H3,(H,10,11). The van der Waals surface area contributed by atoms with Crippen molar-refractivity contribution in [3.8, 4) is 12.3 Å². The first-order valence-corrected chi connectivity index (χ1v) is 6.18. The molecule has 0 aromatic rings. The van der Waals surface area contributed by atoms with Crippen LogP contribution in [0.5, 0.6) is 0 Å². The Hall–Kier alpha value is -0.270. The summed E-state index contributed by atoms with van der Waals surface area (Å²) in [6, 6.07) is 0. The highest BCUT2D eigenvalue weighted by Gasteiger charge is 2.27. The van der Waals surface area contributed by atoms with Gasteiger partial charge in [0, 0.05) is 11.5 Å². The van der Waals surface area contributed by atoms with E-state index in [-0.39, 0.29) is 10.5 Å². The molecule has 1 saturated heterocycles. The predicted octanol–water partition coefficient (Wildman–Crippen LogP) is 1.32. The Morgan fingerprint density at radius 3 is 2.54 bits per heavy atom. The van der Waals surface area contributed by atoms with Gasteiger partial charge in [-0.1, -0.05) is 5.92 Å². The van der Waals surface area contributed by atoms with Crippen molar-refractivity contribution in [2.24, 2.45) is 0 Å². The Morgan fingerprint density at radius 2 is 2.08 bits per heavy atom. The van der Waals surface area contributed by atoms with Crippen molar-refractivity contribution in [1.29, 1.82) is 0 Å². The lowest BCUT2D eigenvalue weighted by Gasteiger charge is -2.21. The van der Waals surface area contributed by atoms with Crippen molar-refractivity contribution in [3.05, 3.63) is 0 Å². The maximum Gasteiger partial charge on any atom is 0.244 e. The van der Waals surface area contributed by atoms with Crippen molar-refractivity contribution >= 4 is 29.4 Å². The molecule has 0 saturated carbocycles. The molecule has 1 aliphatic rings. The molecule has 0 spiro atoms. The van der Waals surface area contributed by atoms with Gasteiger partial charge in [-0.25, -0.2) is 0 Å². The number of hydrogen-bond donors (Lipinski definition) is 1. The van der Waals surface area contributed by atoms with Gasteiger partial charge in [0.2, 0.25) is 5.91 Å². The summed E-state index contributed by atoms with van der Waals surface area (Å²) in [6.07, 6.45) is 5.27. The Kier molecular flexibility index (Phi) is 3.57. The minimum atomic E-state index is -0.527. The number of nitrogens with one attached hydrogen (secondary N) is 1. The third-order valence-corrected chi connectivity index (χ3v) is 4.62. The SMILES string of the molecule is C#CC(C)(C)NC(=O)C1SCCS1. The van der Waals surface area contributed by atoms with E-state index in [1.54, 1.807) is 23.5 Å². The highest BCUT2D eigenvalue weighted by atomic mass is 32.2. The predicted molar refractivity (Wildman–Crippen MR) is 59.8 cm³/mol. The van der Waals surface area contributed by atoms with Crippen LogP contribution >= 0.6 is 23.5 Å². The molecule has 0 aromatic heterocycles. The summed E-state index contributed by atoms with van der Waals surface area (Å²) in [7, 11) is 0. The van der Waals surface area contributed by atoms with E-state index in [2.05, 4.69) is 11.2 Å². The highest BCUT2D eigenvalue weighted by molar-refractivity contribution is 8.21. The molecule has 1 rings (SSSR count). The van der Waals surface area contributed by atoms with Gasteiger partial charge < -0.3 is 5.32 Å². The topological polar surface area (TPSA) is 29.1 Å². The van der Waals surface area contributed by atoms with Crippen molar-refractivity contribution in [3.63, 3.8) is 0 Å². The van der Waals surface area contributed by atoms with Gasteiger partial charge in [0.15, 0.2) is 0 Å². The van der Waals surface area contributed by atoms with Gasteiger partial charge in [-0.2, -0.15) is 0 Å². The van der Waals surface area contributed by atoms with Crippen LogP contribution in [-0.4, -0.2) is 27.5 Å². The molecule has 1 amide bonds. The van der Waals surface area contributed by atoms with Crippen LogP contribution in [0.15, 0.2) is 0 Å². The molecule has 1 fully saturated rings. The van der Waals surface area contributed by atoms with E-state index in [1.165, 1.54) is 0 Å². The summed E-state index contributed by atoms with van der Waals surface area (Å²) >= 11 is 3.37. The smallest absolute Gasteiger partial charge is 0.244 e. The van der Waals surface area contributed by atoms with Crippen molar-refractivity contribution in [2.45, 2.75) is 24.0 Å². The first kappa shape index (κ1) is 10.8. The molecule has 0 aromatic carbocycles. The number of carbonyl (C=O) groups excluding carboxylic acids is 1. The minimum absolute atomic E-state index is 0.0348. The Labute approximate surface area is 87.6 Å². The second kappa shape index (κ2) is 4.30. The highest BCUT2D eigenvalue weighted by Crippen LogP contribution is 2.32. The van der Waals surface area contributed by atoms with Crippen LogP contribution in [0, 0.1) is 12.3 Å². The van der Waals surface area contributed by atoms with Crippen LogP contribution in [-0.2, 0) is 4.79 Å². The van der Waals surface area contributed by atoms with E-state index in [0.717, 1.165) is 11.5 Å². The van der Waals surface area contributed by atoms with Crippen molar-refractivity contribution in [2.75, 3.05) is 11.5 Å². The molecule has 0 bridgehead atoms. The summed E-state index contributed by atoms with van der Waals surface area (Å²) in [5.41, 5.74) is -0.527. The molecule has 0 atom stereocenters. The fourth-order valence-electron chi connectivity index (χ4n) is 0.913. The molecule has 13 heavy (non-hydrogen) atoms. The molecule has 0 radical (unpaired) electrons. The molecule has 72 valence electrons.